The molecule has 0 fully saturated rings. The number of halogens is 1. The predicted octanol–water partition coefficient (Wildman–Crippen LogP) is 2.80. The van der Waals surface area contributed by atoms with Crippen LogP contribution in [0, 0.1) is 5.82 Å². The number of nitrogens with two attached hydrogens (primary N) is 1. The Labute approximate surface area is 124 Å². The molecular weight excluding hydrogens is 293 g/mol. The first-order valence-electron chi connectivity index (χ1n) is 6.22. The summed E-state index contributed by atoms with van der Waals surface area (Å²) in [5, 5.41) is 14.0. The van der Waals surface area contributed by atoms with Crippen molar-refractivity contribution in [2.24, 2.45) is 10.9 Å². The van der Waals surface area contributed by atoms with Crippen molar-refractivity contribution in [3.63, 3.8) is 0 Å². The molecule has 5 nitrogen and oxygen atoms in total. The zero-order valence-corrected chi connectivity index (χ0v) is 12.1. The van der Waals surface area contributed by atoms with Gasteiger partial charge in [0.15, 0.2) is 5.84 Å². The lowest BCUT2D eigenvalue weighted by Crippen LogP contribution is -2.16. The third-order valence-corrected chi connectivity index (χ3v) is 4.07. The smallest absolute Gasteiger partial charge is 0.265 e. The average Bonchev–Trinajstić information content (AvgIpc) is 2.97. The lowest BCUT2D eigenvalue weighted by atomic mass is 10.1. The van der Waals surface area contributed by atoms with Crippen LogP contribution >= 0.6 is 11.3 Å². The number of oxime groups is 1. The summed E-state index contributed by atoms with van der Waals surface area (Å²) < 4.78 is 13.5. The van der Waals surface area contributed by atoms with Crippen LogP contribution in [0.3, 0.4) is 0 Å². The number of thiophene rings is 1. The number of amides is 1. The molecule has 110 valence electrons. The topological polar surface area (TPSA) is 87.7 Å². The molecule has 1 amide bonds. The molecule has 0 aliphatic carbocycles. The van der Waals surface area contributed by atoms with Crippen LogP contribution in [0.5, 0.6) is 0 Å². The van der Waals surface area contributed by atoms with E-state index in [0.717, 1.165) is 17.4 Å². The Balaban J connectivity index is 2.21. The monoisotopic (exact) mass is 307 g/mol. The molecule has 0 saturated carbocycles. The number of rotatable bonds is 4. The Morgan fingerprint density at radius 1 is 1.43 bits per heavy atom. The minimum absolute atomic E-state index is 0.0734. The third-order valence-electron chi connectivity index (χ3n) is 2.84. The van der Waals surface area contributed by atoms with Crippen molar-refractivity contribution in [2.75, 3.05) is 5.32 Å². The highest BCUT2D eigenvalue weighted by Gasteiger charge is 2.12. The van der Waals surface area contributed by atoms with E-state index in [4.69, 9.17) is 10.9 Å². The molecule has 7 heteroatoms. The van der Waals surface area contributed by atoms with Crippen LogP contribution in [0.1, 0.15) is 27.0 Å². The Bertz CT molecular complexity index is 697. The molecule has 1 aromatic heterocycles. The van der Waals surface area contributed by atoms with E-state index in [9.17, 15) is 9.18 Å². The maximum Gasteiger partial charge on any atom is 0.265 e. The Morgan fingerprint density at radius 3 is 2.81 bits per heavy atom. The van der Waals surface area contributed by atoms with Crippen molar-refractivity contribution in [3.05, 3.63) is 51.5 Å². The second-order valence-electron chi connectivity index (χ2n) is 4.25. The molecule has 0 radical (unpaired) electrons. The summed E-state index contributed by atoms with van der Waals surface area (Å²) in [7, 11) is 0. The maximum atomic E-state index is 13.5. The van der Waals surface area contributed by atoms with E-state index in [1.807, 2.05) is 13.0 Å². The Hall–Kier alpha value is -2.41. The lowest BCUT2D eigenvalue weighted by molar-refractivity contribution is 0.103. The van der Waals surface area contributed by atoms with E-state index in [-0.39, 0.29) is 17.3 Å². The normalized spacial score (nSPS) is 11.4. The molecule has 0 spiro atoms. The van der Waals surface area contributed by atoms with Gasteiger partial charge in [-0.1, -0.05) is 12.1 Å². The van der Waals surface area contributed by atoms with Crippen molar-refractivity contribution >= 4 is 28.8 Å². The van der Waals surface area contributed by atoms with Crippen LogP contribution in [0.4, 0.5) is 10.1 Å². The van der Waals surface area contributed by atoms with Crippen LogP contribution in [0.25, 0.3) is 0 Å². The second-order valence-corrected chi connectivity index (χ2v) is 5.42. The van der Waals surface area contributed by atoms with Crippen LogP contribution in [0.2, 0.25) is 0 Å². The molecule has 4 N–H and O–H groups in total. The molecule has 21 heavy (non-hydrogen) atoms. The highest BCUT2D eigenvalue weighted by Crippen LogP contribution is 2.20. The van der Waals surface area contributed by atoms with Gasteiger partial charge in [-0.05, 0) is 36.8 Å². The lowest BCUT2D eigenvalue weighted by Gasteiger charge is -2.07. The van der Waals surface area contributed by atoms with Gasteiger partial charge in [0.05, 0.1) is 10.4 Å². The number of hydrogen-bond acceptors (Lipinski definition) is 4. The van der Waals surface area contributed by atoms with Crippen LogP contribution in [0.15, 0.2) is 35.5 Å². The molecule has 0 bridgehead atoms. The molecule has 1 aromatic carbocycles. The van der Waals surface area contributed by atoms with E-state index in [2.05, 4.69) is 10.5 Å². The van der Waals surface area contributed by atoms with E-state index >= 15 is 0 Å². The number of anilines is 1. The van der Waals surface area contributed by atoms with Crippen molar-refractivity contribution in [1.29, 1.82) is 0 Å². The number of amidine groups is 1. The summed E-state index contributed by atoms with van der Waals surface area (Å²) in [4.78, 5) is 13.8. The van der Waals surface area contributed by atoms with Gasteiger partial charge in [0.1, 0.15) is 5.82 Å². The van der Waals surface area contributed by atoms with Gasteiger partial charge in [-0.25, -0.2) is 4.39 Å². The SMILES string of the molecule is CCc1ccc(C(=O)Nc2ccc(F)c(C(N)=NO)c2)s1. The van der Waals surface area contributed by atoms with Gasteiger partial charge in [0.25, 0.3) is 5.91 Å². The Kier molecular flexibility index (Phi) is 4.54. The van der Waals surface area contributed by atoms with Crippen molar-refractivity contribution in [2.45, 2.75) is 13.3 Å². The first-order chi connectivity index (χ1) is 10.0. The zero-order valence-electron chi connectivity index (χ0n) is 11.3. The highest BCUT2D eigenvalue weighted by atomic mass is 32.1. The minimum Gasteiger partial charge on any atom is -0.409 e. The second kappa shape index (κ2) is 6.36. The van der Waals surface area contributed by atoms with Crippen LogP contribution < -0.4 is 11.1 Å². The fraction of sp³-hybridized carbons (Fsp3) is 0.143. The highest BCUT2D eigenvalue weighted by molar-refractivity contribution is 7.14. The van der Waals surface area contributed by atoms with Gasteiger partial charge in [-0.2, -0.15) is 0 Å². The van der Waals surface area contributed by atoms with Gasteiger partial charge in [0, 0.05) is 10.6 Å². The number of nitrogens with zero attached hydrogens (tertiary/aromatic N) is 1. The fourth-order valence-electron chi connectivity index (χ4n) is 1.74. The van der Waals surface area contributed by atoms with E-state index in [1.54, 1.807) is 6.07 Å². The number of nitrogens with one attached hydrogen (secondary N) is 1. The van der Waals surface area contributed by atoms with Crippen molar-refractivity contribution in [1.82, 2.24) is 0 Å². The van der Waals surface area contributed by atoms with Crippen molar-refractivity contribution in [3.8, 4) is 0 Å². The van der Waals surface area contributed by atoms with Crippen LogP contribution in [-0.4, -0.2) is 17.0 Å². The average molecular weight is 307 g/mol. The van der Waals surface area contributed by atoms with E-state index in [0.29, 0.717) is 10.6 Å². The number of hydrogen-bond donors (Lipinski definition) is 3. The summed E-state index contributed by atoms with van der Waals surface area (Å²) >= 11 is 1.40. The molecule has 2 aromatic rings. The summed E-state index contributed by atoms with van der Waals surface area (Å²) in [6.45, 7) is 2.01. The molecular formula is C14H14FN3O2S. The molecule has 2 rings (SSSR count). The number of carbonyl (C=O) groups is 1. The zero-order chi connectivity index (χ0) is 15.4. The van der Waals surface area contributed by atoms with Gasteiger partial charge in [0.2, 0.25) is 0 Å². The van der Waals surface area contributed by atoms with Crippen molar-refractivity contribution < 1.29 is 14.4 Å². The van der Waals surface area contributed by atoms with Gasteiger partial charge < -0.3 is 16.3 Å². The van der Waals surface area contributed by atoms with Gasteiger partial charge >= 0.3 is 0 Å². The first kappa shape index (κ1) is 15.0. The van der Waals surface area contributed by atoms with Gasteiger partial charge in [-0.3, -0.25) is 4.79 Å². The molecule has 1 heterocycles. The van der Waals surface area contributed by atoms with Crippen LogP contribution in [-0.2, 0) is 6.42 Å². The van der Waals surface area contributed by atoms with E-state index < -0.39 is 5.82 Å². The summed E-state index contributed by atoms with van der Waals surface area (Å²) in [5.41, 5.74) is 5.67. The molecule has 0 unspecified atom stereocenters. The fourth-order valence-corrected chi connectivity index (χ4v) is 2.58. The summed E-state index contributed by atoms with van der Waals surface area (Å²) in [6.07, 6.45) is 0.863. The number of aryl methyl sites for hydroxylation is 1. The number of carbonyl (C=O) groups excluding carboxylic acids is 1. The summed E-state index contributed by atoms with van der Waals surface area (Å²) in [6, 6.07) is 7.51. The van der Waals surface area contributed by atoms with Gasteiger partial charge in [-0.15, -0.1) is 11.3 Å². The third kappa shape index (κ3) is 3.38. The predicted molar refractivity (Wildman–Crippen MR) is 80.6 cm³/mol. The molecule has 0 aliphatic heterocycles. The molecule has 0 aliphatic rings. The Morgan fingerprint density at radius 2 is 2.19 bits per heavy atom. The summed E-state index contributed by atoms with van der Waals surface area (Å²) in [5.74, 6) is -1.27. The molecule has 0 saturated heterocycles. The quantitative estimate of drug-likeness (QED) is 0.351. The number of benzene rings is 1. The maximum absolute atomic E-state index is 13.5. The van der Waals surface area contributed by atoms with E-state index in [1.165, 1.54) is 23.5 Å². The minimum atomic E-state index is -0.632. The molecule has 0 atom stereocenters. The largest absolute Gasteiger partial charge is 0.409 e. The first-order valence-corrected chi connectivity index (χ1v) is 7.04. The standard InChI is InChI=1S/C14H14FN3O2S/c1-2-9-4-6-12(21-9)14(19)17-8-3-5-11(15)10(7-8)13(16)18-20/h3-7,20H,2H2,1H3,(H2,16,18)(H,17,19).